The summed E-state index contributed by atoms with van der Waals surface area (Å²) in [6, 6.07) is 5.21. The summed E-state index contributed by atoms with van der Waals surface area (Å²) in [5, 5.41) is 5.54. The molecule has 2 aliphatic heterocycles. The number of hydrogen-bond acceptors (Lipinski definition) is 7. The van der Waals surface area contributed by atoms with E-state index in [9.17, 15) is 12.8 Å². The Morgan fingerprint density at radius 1 is 1.24 bits per heavy atom. The minimum atomic E-state index is -3.29. The normalized spacial score (nSPS) is 20.4. The molecule has 0 aliphatic carbocycles. The van der Waals surface area contributed by atoms with E-state index in [2.05, 4.69) is 25.0 Å². The summed E-state index contributed by atoms with van der Waals surface area (Å²) in [6.45, 7) is 0.733. The van der Waals surface area contributed by atoms with Gasteiger partial charge in [-0.2, -0.15) is 5.10 Å². The van der Waals surface area contributed by atoms with E-state index in [4.69, 9.17) is 0 Å². The highest BCUT2D eigenvalue weighted by molar-refractivity contribution is 7.91. The monoisotopic (exact) mass is 467 g/mol. The van der Waals surface area contributed by atoms with Gasteiger partial charge in [0.25, 0.3) is 0 Å². The highest BCUT2D eigenvalue weighted by Gasteiger charge is 2.34. The van der Waals surface area contributed by atoms with Gasteiger partial charge in [-0.05, 0) is 30.5 Å². The number of sulfone groups is 1. The van der Waals surface area contributed by atoms with Crippen molar-refractivity contribution >= 4 is 26.7 Å². The number of pyridine rings is 1. The summed E-state index contributed by atoms with van der Waals surface area (Å²) in [6.07, 6.45) is 8.13. The van der Waals surface area contributed by atoms with Gasteiger partial charge in [0, 0.05) is 42.4 Å². The van der Waals surface area contributed by atoms with E-state index in [1.54, 1.807) is 10.9 Å². The van der Waals surface area contributed by atoms with Crippen LogP contribution in [-0.2, 0) is 16.3 Å². The van der Waals surface area contributed by atoms with E-state index >= 15 is 0 Å². The first-order valence-corrected chi connectivity index (χ1v) is 12.5. The van der Waals surface area contributed by atoms with Crippen molar-refractivity contribution in [2.45, 2.75) is 23.9 Å². The van der Waals surface area contributed by atoms with Crippen molar-refractivity contribution in [3.05, 3.63) is 48.7 Å². The molecule has 4 aromatic rings. The smallest absolute Gasteiger partial charge is 0.196 e. The van der Waals surface area contributed by atoms with Gasteiger partial charge in [-0.1, -0.05) is 6.07 Å². The van der Waals surface area contributed by atoms with Gasteiger partial charge in [0.15, 0.2) is 14.9 Å². The standard InChI is InChI=1S/C22H22FN7O2S/c23-9-18(30-12-16(10-27-30)20-17-3-6-24-21(17)26-13-25-20)15-4-7-29(11-15)19-2-1-14-5-8-33(31,32)22(14)28-19/h1-3,6,10,12-13,15,18H,4-5,7-9,11H2,(H,24,25,26). The zero-order valence-electron chi connectivity index (χ0n) is 17.7. The molecule has 0 radical (unpaired) electrons. The molecule has 170 valence electrons. The molecular formula is C22H22FN7O2S. The van der Waals surface area contributed by atoms with Gasteiger partial charge in [-0.3, -0.25) is 4.68 Å². The summed E-state index contributed by atoms with van der Waals surface area (Å²) < 4.78 is 40.4. The number of alkyl halides is 1. The van der Waals surface area contributed by atoms with Crippen LogP contribution in [0, 0.1) is 5.92 Å². The molecule has 1 N–H and O–H groups in total. The summed E-state index contributed by atoms with van der Waals surface area (Å²) in [4.78, 5) is 18.2. The second-order valence-corrected chi connectivity index (χ2v) is 10.6. The van der Waals surface area contributed by atoms with E-state index in [-0.39, 0.29) is 16.7 Å². The third-order valence-electron chi connectivity index (χ3n) is 6.68. The number of halogens is 1. The van der Waals surface area contributed by atoms with Crippen molar-refractivity contribution in [2.75, 3.05) is 30.4 Å². The van der Waals surface area contributed by atoms with Crippen LogP contribution in [0.15, 0.2) is 48.1 Å². The molecule has 1 fully saturated rings. The Balaban J connectivity index is 1.24. The average molecular weight is 468 g/mol. The third-order valence-corrected chi connectivity index (χ3v) is 8.36. The van der Waals surface area contributed by atoms with Gasteiger partial charge in [0.1, 0.15) is 24.5 Å². The van der Waals surface area contributed by atoms with Crippen LogP contribution in [0.1, 0.15) is 18.0 Å². The van der Waals surface area contributed by atoms with Crippen molar-refractivity contribution in [1.29, 1.82) is 0 Å². The van der Waals surface area contributed by atoms with Gasteiger partial charge in [0.2, 0.25) is 0 Å². The lowest BCUT2D eigenvalue weighted by Crippen LogP contribution is -2.27. The Kier molecular flexibility index (Phi) is 4.68. The zero-order chi connectivity index (χ0) is 22.6. The molecule has 6 heterocycles. The van der Waals surface area contributed by atoms with Crippen molar-refractivity contribution in [1.82, 2.24) is 29.7 Å². The van der Waals surface area contributed by atoms with Crippen molar-refractivity contribution < 1.29 is 12.8 Å². The Labute approximate surface area is 189 Å². The highest BCUT2D eigenvalue weighted by Crippen LogP contribution is 2.34. The fourth-order valence-electron chi connectivity index (χ4n) is 4.90. The minimum Gasteiger partial charge on any atom is -0.356 e. The van der Waals surface area contributed by atoms with Crippen LogP contribution in [-0.4, -0.2) is 63.7 Å². The fourth-order valence-corrected chi connectivity index (χ4v) is 6.39. The predicted octanol–water partition coefficient (Wildman–Crippen LogP) is 2.58. The molecule has 1 saturated heterocycles. The number of aryl methyl sites for hydroxylation is 1. The van der Waals surface area contributed by atoms with Crippen LogP contribution in [0.2, 0.25) is 0 Å². The van der Waals surface area contributed by atoms with Crippen LogP contribution in [0.3, 0.4) is 0 Å². The summed E-state index contributed by atoms with van der Waals surface area (Å²) in [7, 11) is -3.29. The largest absolute Gasteiger partial charge is 0.356 e. The first-order chi connectivity index (χ1) is 16.0. The lowest BCUT2D eigenvalue weighted by molar-refractivity contribution is 0.257. The number of aromatic nitrogens is 6. The third kappa shape index (κ3) is 3.38. The number of anilines is 1. The molecular weight excluding hydrogens is 445 g/mol. The van der Waals surface area contributed by atoms with E-state index in [1.165, 1.54) is 6.33 Å². The van der Waals surface area contributed by atoms with Gasteiger partial charge in [-0.25, -0.2) is 27.8 Å². The van der Waals surface area contributed by atoms with Crippen LogP contribution in [0.5, 0.6) is 0 Å². The van der Waals surface area contributed by atoms with Gasteiger partial charge < -0.3 is 9.88 Å². The molecule has 0 amide bonds. The maximum atomic E-state index is 14.2. The van der Waals surface area contributed by atoms with Crippen molar-refractivity contribution in [2.24, 2.45) is 5.92 Å². The molecule has 11 heteroatoms. The Hall–Kier alpha value is -3.34. The molecule has 2 atom stereocenters. The Morgan fingerprint density at radius 3 is 3.03 bits per heavy atom. The summed E-state index contributed by atoms with van der Waals surface area (Å²) in [5.74, 6) is 0.775. The van der Waals surface area contributed by atoms with E-state index in [1.807, 2.05) is 35.5 Å². The van der Waals surface area contributed by atoms with Crippen molar-refractivity contribution in [3.8, 4) is 11.3 Å². The number of fused-ring (bicyclic) bond motifs is 2. The Bertz CT molecular complexity index is 1450. The number of nitrogens with zero attached hydrogens (tertiary/aromatic N) is 6. The van der Waals surface area contributed by atoms with Crippen molar-refractivity contribution in [3.63, 3.8) is 0 Å². The molecule has 2 aliphatic rings. The Morgan fingerprint density at radius 2 is 2.15 bits per heavy atom. The lowest BCUT2D eigenvalue weighted by atomic mass is 10.0. The number of rotatable bonds is 5. The average Bonchev–Trinajstić information content (AvgIpc) is 3.61. The molecule has 0 bridgehead atoms. The molecule has 6 rings (SSSR count). The summed E-state index contributed by atoms with van der Waals surface area (Å²) >= 11 is 0. The van der Waals surface area contributed by atoms with Crippen LogP contribution < -0.4 is 4.90 Å². The number of aromatic amines is 1. The zero-order valence-corrected chi connectivity index (χ0v) is 18.5. The number of H-pyrrole nitrogens is 1. The van der Waals surface area contributed by atoms with Gasteiger partial charge >= 0.3 is 0 Å². The van der Waals surface area contributed by atoms with Crippen LogP contribution in [0.25, 0.3) is 22.3 Å². The maximum Gasteiger partial charge on any atom is 0.196 e. The molecule has 4 aromatic heterocycles. The quantitative estimate of drug-likeness (QED) is 0.480. The molecule has 0 aromatic carbocycles. The first kappa shape index (κ1) is 20.3. The highest BCUT2D eigenvalue weighted by atomic mass is 32.2. The maximum absolute atomic E-state index is 14.2. The lowest BCUT2D eigenvalue weighted by Gasteiger charge is -2.22. The molecule has 33 heavy (non-hydrogen) atoms. The van der Waals surface area contributed by atoms with E-state index in [0.29, 0.717) is 25.3 Å². The van der Waals surface area contributed by atoms with E-state index in [0.717, 1.165) is 34.3 Å². The van der Waals surface area contributed by atoms with E-state index < -0.39 is 22.6 Å². The first-order valence-electron chi connectivity index (χ1n) is 10.9. The minimum absolute atomic E-state index is 0.0205. The second-order valence-electron chi connectivity index (χ2n) is 8.59. The number of hydrogen-bond donors (Lipinski definition) is 1. The second kappa shape index (κ2) is 7.62. The SMILES string of the molecule is O=S1(=O)CCc2ccc(N3CCC(C(CF)n4cc(-c5ncnc6[nH]ccc56)cn4)C3)nc21. The predicted molar refractivity (Wildman–Crippen MR) is 120 cm³/mol. The van der Waals surface area contributed by atoms with Gasteiger partial charge in [0.05, 0.1) is 23.7 Å². The molecule has 2 unspecified atom stereocenters. The van der Waals surface area contributed by atoms with Crippen LogP contribution in [0.4, 0.5) is 10.2 Å². The van der Waals surface area contributed by atoms with Crippen LogP contribution >= 0.6 is 0 Å². The fraction of sp³-hybridized carbons (Fsp3) is 0.364. The molecule has 9 nitrogen and oxygen atoms in total. The summed E-state index contributed by atoms with van der Waals surface area (Å²) in [5.41, 5.74) is 3.08. The topological polar surface area (TPSA) is 110 Å². The molecule has 0 spiro atoms. The number of nitrogens with one attached hydrogen (secondary N) is 1. The van der Waals surface area contributed by atoms with Gasteiger partial charge in [-0.15, -0.1) is 0 Å². The molecule has 0 saturated carbocycles.